The summed E-state index contributed by atoms with van der Waals surface area (Å²) < 4.78 is 11.5. The van der Waals surface area contributed by atoms with Crippen molar-refractivity contribution in [1.82, 2.24) is 15.3 Å². The van der Waals surface area contributed by atoms with Gasteiger partial charge < -0.3 is 14.8 Å². The van der Waals surface area contributed by atoms with Crippen LogP contribution in [-0.2, 0) is 16.1 Å². The molecule has 2 heterocycles. The second-order valence-corrected chi connectivity index (χ2v) is 6.88. The molecule has 2 aromatic rings. The molecule has 136 valence electrons. The third-order valence-corrected chi connectivity index (χ3v) is 4.80. The maximum absolute atomic E-state index is 12.5. The van der Waals surface area contributed by atoms with Crippen LogP contribution in [0, 0.1) is 0 Å². The van der Waals surface area contributed by atoms with Crippen LogP contribution < -0.4 is 5.32 Å². The first-order valence-corrected chi connectivity index (χ1v) is 9.15. The average molecular weight is 353 g/mol. The number of aromatic nitrogens is 2. The predicted molar refractivity (Wildman–Crippen MR) is 95.7 cm³/mol. The van der Waals surface area contributed by atoms with Crippen LogP contribution >= 0.6 is 0 Å². The van der Waals surface area contributed by atoms with E-state index >= 15 is 0 Å². The summed E-state index contributed by atoms with van der Waals surface area (Å²) in [5.74, 6) is 1.17. The first kappa shape index (κ1) is 17.1. The summed E-state index contributed by atoms with van der Waals surface area (Å²) in [7, 11) is 0. The number of rotatable bonds is 6. The van der Waals surface area contributed by atoms with Crippen molar-refractivity contribution < 1.29 is 14.3 Å². The molecule has 1 aromatic carbocycles. The molecule has 1 aromatic heterocycles. The van der Waals surface area contributed by atoms with Crippen molar-refractivity contribution in [3.63, 3.8) is 0 Å². The monoisotopic (exact) mass is 353 g/mol. The van der Waals surface area contributed by atoms with E-state index in [-0.39, 0.29) is 18.1 Å². The van der Waals surface area contributed by atoms with Crippen LogP contribution in [0.5, 0.6) is 0 Å². The smallest absolute Gasteiger partial charge is 0.254 e. The van der Waals surface area contributed by atoms with Gasteiger partial charge in [0, 0.05) is 24.9 Å². The maximum Gasteiger partial charge on any atom is 0.254 e. The van der Waals surface area contributed by atoms with Crippen LogP contribution in [0.2, 0.25) is 0 Å². The number of nitrogens with zero attached hydrogens (tertiary/aromatic N) is 2. The third-order valence-electron chi connectivity index (χ3n) is 4.80. The number of hydrogen-bond donors (Lipinski definition) is 1. The summed E-state index contributed by atoms with van der Waals surface area (Å²) in [5, 5.41) is 3.06. The van der Waals surface area contributed by atoms with Crippen LogP contribution in [0.4, 0.5) is 0 Å². The Labute approximate surface area is 153 Å². The topological polar surface area (TPSA) is 73.3 Å². The Kier molecular flexibility index (Phi) is 5.22. The molecule has 1 N–H and O–H groups in total. The van der Waals surface area contributed by atoms with E-state index in [1.165, 1.54) is 0 Å². The number of ether oxygens (including phenoxy) is 2. The highest BCUT2D eigenvalue weighted by Crippen LogP contribution is 2.37. The molecule has 1 aliphatic carbocycles. The SMILES string of the molecule is O=C(N[C@@H]1CCOC[C@H]1OCc1ccccc1)c1cnc(C2CC2)nc1. The molecule has 4 rings (SSSR count). The highest BCUT2D eigenvalue weighted by molar-refractivity contribution is 5.93. The Hall–Kier alpha value is -2.31. The normalized spacial score (nSPS) is 22.8. The van der Waals surface area contributed by atoms with Crippen molar-refractivity contribution >= 4 is 5.91 Å². The summed E-state index contributed by atoms with van der Waals surface area (Å²) in [6.45, 7) is 1.60. The molecule has 1 amide bonds. The number of amides is 1. The molecule has 2 fully saturated rings. The number of nitrogens with one attached hydrogen (secondary N) is 1. The zero-order chi connectivity index (χ0) is 17.8. The minimum absolute atomic E-state index is 0.0805. The van der Waals surface area contributed by atoms with Crippen molar-refractivity contribution in [2.45, 2.75) is 43.9 Å². The summed E-state index contributed by atoms with van der Waals surface area (Å²) >= 11 is 0. The van der Waals surface area contributed by atoms with E-state index in [9.17, 15) is 4.79 Å². The summed E-state index contributed by atoms with van der Waals surface area (Å²) in [4.78, 5) is 21.2. The molecule has 26 heavy (non-hydrogen) atoms. The van der Waals surface area contributed by atoms with Gasteiger partial charge in [0.1, 0.15) is 11.9 Å². The van der Waals surface area contributed by atoms with Crippen molar-refractivity contribution in [2.75, 3.05) is 13.2 Å². The number of hydrogen-bond acceptors (Lipinski definition) is 5. The Morgan fingerprint density at radius 2 is 1.92 bits per heavy atom. The lowest BCUT2D eigenvalue weighted by Crippen LogP contribution is -2.50. The minimum atomic E-state index is -0.167. The van der Waals surface area contributed by atoms with Gasteiger partial charge in [-0.25, -0.2) is 9.97 Å². The zero-order valence-electron chi connectivity index (χ0n) is 14.6. The standard InChI is InChI=1S/C20H23N3O3/c24-20(16-10-21-19(22-11-16)15-6-7-15)23-17-8-9-25-13-18(17)26-12-14-4-2-1-3-5-14/h1-5,10-11,15,17-18H,6-9,12-13H2,(H,23,24)/t17-,18-/m1/s1. The van der Waals surface area contributed by atoms with Gasteiger partial charge in [0.05, 0.1) is 24.8 Å². The van der Waals surface area contributed by atoms with Gasteiger partial charge in [-0.15, -0.1) is 0 Å². The molecule has 1 saturated carbocycles. The molecule has 0 bridgehead atoms. The molecule has 0 radical (unpaired) electrons. The first-order valence-electron chi connectivity index (χ1n) is 9.15. The molecule has 6 heteroatoms. The van der Waals surface area contributed by atoms with Crippen LogP contribution in [-0.4, -0.2) is 41.2 Å². The Bertz CT molecular complexity index is 732. The molecule has 1 saturated heterocycles. The Balaban J connectivity index is 1.35. The molecular formula is C20H23N3O3. The van der Waals surface area contributed by atoms with Gasteiger partial charge in [-0.3, -0.25) is 4.79 Å². The van der Waals surface area contributed by atoms with Gasteiger partial charge in [0.25, 0.3) is 5.91 Å². The highest BCUT2D eigenvalue weighted by Gasteiger charge is 2.29. The Morgan fingerprint density at radius 1 is 1.15 bits per heavy atom. The largest absolute Gasteiger partial charge is 0.379 e. The van der Waals surface area contributed by atoms with E-state index < -0.39 is 0 Å². The molecule has 0 spiro atoms. The lowest BCUT2D eigenvalue weighted by atomic mass is 10.1. The van der Waals surface area contributed by atoms with E-state index in [1.54, 1.807) is 12.4 Å². The van der Waals surface area contributed by atoms with E-state index in [2.05, 4.69) is 15.3 Å². The fourth-order valence-electron chi connectivity index (χ4n) is 3.08. The molecule has 6 nitrogen and oxygen atoms in total. The lowest BCUT2D eigenvalue weighted by Gasteiger charge is -2.32. The summed E-state index contributed by atoms with van der Waals surface area (Å²) in [6, 6.07) is 9.92. The summed E-state index contributed by atoms with van der Waals surface area (Å²) in [6.07, 6.45) is 6.10. The quantitative estimate of drug-likeness (QED) is 0.864. The first-order chi connectivity index (χ1) is 12.8. The van der Waals surface area contributed by atoms with Crippen LogP contribution in [0.15, 0.2) is 42.7 Å². The van der Waals surface area contributed by atoms with Crippen LogP contribution in [0.1, 0.15) is 46.9 Å². The van der Waals surface area contributed by atoms with Crippen molar-refractivity contribution in [1.29, 1.82) is 0 Å². The second-order valence-electron chi connectivity index (χ2n) is 6.88. The van der Waals surface area contributed by atoms with E-state index in [0.717, 1.165) is 30.7 Å². The molecule has 2 aliphatic rings. The second kappa shape index (κ2) is 7.93. The van der Waals surface area contributed by atoms with Crippen LogP contribution in [0.3, 0.4) is 0 Å². The van der Waals surface area contributed by atoms with Gasteiger partial charge >= 0.3 is 0 Å². The molecule has 0 unspecified atom stereocenters. The third kappa shape index (κ3) is 4.26. The van der Waals surface area contributed by atoms with E-state index in [1.807, 2.05) is 30.3 Å². The van der Waals surface area contributed by atoms with E-state index in [0.29, 0.717) is 31.3 Å². The molecule has 1 aliphatic heterocycles. The van der Waals surface area contributed by atoms with Gasteiger partial charge in [0.15, 0.2) is 0 Å². The van der Waals surface area contributed by atoms with Crippen molar-refractivity contribution in [2.24, 2.45) is 0 Å². The number of carbonyl (C=O) groups is 1. The zero-order valence-corrected chi connectivity index (χ0v) is 14.6. The predicted octanol–water partition coefficient (Wildman–Crippen LogP) is 2.46. The average Bonchev–Trinajstić information content (AvgIpc) is 3.53. The maximum atomic E-state index is 12.5. The lowest BCUT2D eigenvalue weighted by molar-refractivity contribution is -0.0736. The molecular weight excluding hydrogens is 330 g/mol. The number of benzene rings is 1. The van der Waals surface area contributed by atoms with Gasteiger partial charge in [-0.1, -0.05) is 30.3 Å². The van der Waals surface area contributed by atoms with Crippen molar-refractivity contribution in [3.05, 3.63) is 59.7 Å². The van der Waals surface area contributed by atoms with Gasteiger partial charge in [0.2, 0.25) is 0 Å². The highest BCUT2D eigenvalue weighted by atomic mass is 16.5. The van der Waals surface area contributed by atoms with Crippen LogP contribution in [0.25, 0.3) is 0 Å². The van der Waals surface area contributed by atoms with Gasteiger partial charge in [-0.2, -0.15) is 0 Å². The van der Waals surface area contributed by atoms with Crippen molar-refractivity contribution in [3.8, 4) is 0 Å². The minimum Gasteiger partial charge on any atom is -0.379 e. The fourth-order valence-corrected chi connectivity index (χ4v) is 3.08. The Morgan fingerprint density at radius 3 is 2.65 bits per heavy atom. The fraction of sp³-hybridized carbons (Fsp3) is 0.450. The van der Waals surface area contributed by atoms with Gasteiger partial charge in [-0.05, 0) is 24.8 Å². The summed E-state index contributed by atoms with van der Waals surface area (Å²) in [5.41, 5.74) is 1.59. The number of carbonyl (C=O) groups excluding carboxylic acids is 1. The van der Waals surface area contributed by atoms with E-state index in [4.69, 9.17) is 9.47 Å². The molecule has 2 atom stereocenters.